The zero-order valence-corrected chi connectivity index (χ0v) is 17.7. The minimum atomic E-state index is -4.30. The summed E-state index contributed by atoms with van der Waals surface area (Å²) in [4.78, 5) is 12.4. The highest BCUT2D eigenvalue weighted by Gasteiger charge is 2.45. The van der Waals surface area contributed by atoms with Crippen LogP contribution in [0.5, 0.6) is 0 Å². The molecule has 1 N–H and O–H groups in total. The highest BCUT2D eigenvalue weighted by Crippen LogP contribution is 2.37. The van der Waals surface area contributed by atoms with Crippen molar-refractivity contribution in [3.63, 3.8) is 0 Å². The molecule has 1 aliphatic rings. The van der Waals surface area contributed by atoms with E-state index < -0.39 is 34.1 Å². The van der Waals surface area contributed by atoms with Crippen LogP contribution in [0.2, 0.25) is 0 Å². The van der Waals surface area contributed by atoms with Crippen molar-refractivity contribution >= 4 is 15.9 Å². The van der Waals surface area contributed by atoms with Crippen molar-refractivity contribution in [2.24, 2.45) is 5.92 Å². The number of alkyl halides is 3. The van der Waals surface area contributed by atoms with E-state index in [1.165, 1.54) is 16.4 Å². The van der Waals surface area contributed by atoms with Gasteiger partial charge in [0.1, 0.15) is 0 Å². The van der Waals surface area contributed by atoms with E-state index in [1.807, 2.05) is 0 Å². The predicted molar refractivity (Wildman–Crippen MR) is 105 cm³/mol. The number of nitrogens with zero attached hydrogens (tertiary/aromatic N) is 1. The topological polar surface area (TPSA) is 66.5 Å². The second kappa shape index (κ2) is 9.93. The normalized spacial score (nSPS) is 20.6. The fourth-order valence-corrected chi connectivity index (χ4v) is 5.23. The smallest absolute Gasteiger partial charge is 0.353 e. The molecule has 1 aromatic rings. The van der Waals surface area contributed by atoms with Crippen LogP contribution in [-0.4, -0.2) is 43.9 Å². The van der Waals surface area contributed by atoms with E-state index in [0.717, 1.165) is 5.56 Å². The Labute approximate surface area is 170 Å². The van der Waals surface area contributed by atoms with Crippen LogP contribution in [0.25, 0.3) is 0 Å². The molecule has 164 valence electrons. The summed E-state index contributed by atoms with van der Waals surface area (Å²) in [5.41, 5.74) is 0.759. The van der Waals surface area contributed by atoms with Crippen molar-refractivity contribution in [1.82, 2.24) is 9.62 Å². The molecule has 9 heteroatoms. The first kappa shape index (κ1) is 23.7. The molecular weight excluding hydrogens is 405 g/mol. The molecule has 0 radical (unpaired) electrons. The minimum Gasteiger partial charge on any atom is -0.353 e. The van der Waals surface area contributed by atoms with Gasteiger partial charge in [0.05, 0.1) is 10.8 Å². The Balaban J connectivity index is 1.93. The Kier molecular flexibility index (Phi) is 8.10. The second-order valence-electron chi connectivity index (χ2n) is 7.34. The number of carbonyl (C=O) groups excluding carboxylic acids is 1. The molecule has 29 heavy (non-hydrogen) atoms. The summed E-state index contributed by atoms with van der Waals surface area (Å²) in [5.74, 6) is -1.89. The van der Waals surface area contributed by atoms with E-state index in [4.69, 9.17) is 0 Å². The van der Waals surface area contributed by atoms with E-state index in [-0.39, 0.29) is 17.7 Å². The first-order valence-corrected chi connectivity index (χ1v) is 11.5. The second-order valence-corrected chi connectivity index (χ2v) is 9.28. The number of rotatable bonds is 8. The molecule has 1 aliphatic carbocycles. The van der Waals surface area contributed by atoms with Gasteiger partial charge in [-0.05, 0) is 37.0 Å². The molecular formula is C20H29F3N2O3S. The van der Waals surface area contributed by atoms with Gasteiger partial charge in [0.25, 0.3) is 0 Å². The molecule has 5 nitrogen and oxygen atoms in total. The van der Waals surface area contributed by atoms with E-state index in [2.05, 4.69) is 5.32 Å². The number of hydrogen-bond donors (Lipinski definition) is 1. The van der Waals surface area contributed by atoms with Gasteiger partial charge in [-0.3, -0.25) is 4.79 Å². The first-order valence-electron chi connectivity index (χ1n) is 10.0. The van der Waals surface area contributed by atoms with Crippen LogP contribution in [0.1, 0.15) is 51.5 Å². The van der Waals surface area contributed by atoms with Crippen LogP contribution in [0.15, 0.2) is 29.2 Å². The third-order valence-corrected chi connectivity index (χ3v) is 7.50. The molecule has 0 aliphatic heterocycles. The summed E-state index contributed by atoms with van der Waals surface area (Å²) in [7, 11) is -3.54. The predicted octanol–water partition coefficient (Wildman–Crippen LogP) is 3.89. The van der Waals surface area contributed by atoms with Gasteiger partial charge >= 0.3 is 6.18 Å². The Hall–Kier alpha value is -1.61. The van der Waals surface area contributed by atoms with Crippen LogP contribution >= 0.6 is 0 Å². The van der Waals surface area contributed by atoms with Gasteiger partial charge < -0.3 is 5.32 Å². The molecule has 1 amide bonds. The Morgan fingerprint density at radius 1 is 1.10 bits per heavy atom. The summed E-state index contributed by atoms with van der Waals surface area (Å²) in [5, 5.41) is 2.55. The summed E-state index contributed by atoms with van der Waals surface area (Å²) in [6, 6.07) is 5.42. The average molecular weight is 435 g/mol. The molecule has 1 fully saturated rings. The zero-order valence-electron chi connectivity index (χ0n) is 16.8. The molecule has 2 rings (SSSR count). The Morgan fingerprint density at radius 3 is 2.24 bits per heavy atom. The lowest BCUT2D eigenvalue weighted by molar-refractivity contribution is -0.189. The number of halogens is 3. The van der Waals surface area contributed by atoms with Gasteiger partial charge in [-0.2, -0.15) is 17.5 Å². The number of aryl methyl sites for hydroxylation is 1. The number of carbonyl (C=O) groups is 1. The number of amides is 1. The van der Waals surface area contributed by atoms with Crippen molar-refractivity contribution in [3.8, 4) is 0 Å². The molecule has 0 heterocycles. The fourth-order valence-electron chi connectivity index (χ4n) is 3.77. The maximum absolute atomic E-state index is 13.1. The fraction of sp³-hybridized carbons (Fsp3) is 0.650. The van der Waals surface area contributed by atoms with Crippen LogP contribution in [-0.2, 0) is 21.2 Å². The molecule has 0 bridgehead atoms. The highest BCUT2D eigenvalue weighted by atomic mass is 32.2. The summed E-state index contributed by atoms with van der Waals surface area (Å²) in [6.45, 7) is 4.29. The van der Waals surface area contributed by atoms with E-state index in [0.29, 0.717) is 38.8 Å². The van der Waals surface area contributed by atoms with Crippen LogP contribution < -0.4 is 5.32 Å². The largest absolute Gasteiger partial charge is 0.393 e. The van der Waals surface area contributed by atoms with E-state index >= 15 is 0 Å². The maximum atomic E-state index is 13.1. The van der Waals surface area contributed by atoms with Gasteiger partial charge in [0, 0.05) is 25.6 Å². The lowest BCUT2D eigenvalue weighted by Gasteiger charge is -2.33. The van der Waals surface area contributed by atoms with Crippen molar-refractivity contribution in [1.29, 1.82) is 0 Å². The van der Waals surface area contributed by atoms with Crippen molar-refractivity contribution in [2.75, 3.05) is 13.1 Å². The van der Waals surface area contributed by atoms with Gasteiger partial charge in [0.15, 0.2) is 0 Å². The first-order chi connectivity index (χ1) is 13.6. The molecule has 2 atom stereocenters. The number of benzene rings is 1. The zero-order chi connectivity index (χ0) is 21.7. The van der Waals surface area contributed by atoms with E-state index in [1.54, 1.807) is 26.0 Å². The van der Waals surface area contributed by atoms with Crippen LogP contribution in [0, 0.1) is 5.92 Å². The van der Waals surface area contributed by atoms with Gasteiger partial charge in [-0.15, -0.1) is 0 Å². The van der Waals surface area contributed by atoms with Gasteiger partial charge in [0.2, 0.25) is 15.9 Å². The Morgan fingerprint density at radius 2 is 1.69 bits per heavy atom. The average Bonchev–Trinajstić information content (AvgIpc) is 2.67. The van der Waals surface area contributed by atoms with Crippen molar-refractivity contribution in [2.45, 2.75) is 69.5 Å². The quantitative estimate of drug-likeness (QED) is 0.675. The SMILES string of the molecule is CCN(CC)S(=O)(=O)c1ccc(CCC(=O)NC2CCCCC2C(F)(F)F)cc1. The molecule has 0 saturated heterocycles. The lowest BCUT2D eigenvalue weighted by atomic mass is 9.84. The Bertz CT molecular complexity index is 775. The van der Waals surface area contributed by atoms with Crippen molar-refractivity contribution in [3.05, 3.63) is 29.8 Å². The monoisotopic (exact) mass is 434 g/mol. The highest BCUT2D eigenvalue weighted by molar-refractivity contribution is 7.89. The third-order valence-electron chi connectivity index (χ3n) is 5.44. The van der Waals surface area contributed by atoms with Crippen LogP contribution in [0.3, 0.4) is 0 Å². The van der Waals surface area contributed by atoms with Crippen LogP contribution in [0.4, 0.5) is 13.2 Å². The molecule has 0 aromatic heterocycles. The maximum Gasteiger partial charge on any atom is 0.393 e. The standard InChI is InChI=1S/C20H29F3N2O3S/c1-3-25(4-2)29(27,28)16-12-9-15(10-13-16)11-14-19(26)24-18-8-6-5-7-17(18)20(21,22)23/h9-10,12-13,17-18H,3-8,11,14H2,1-2H3,(H,24,26). The molecule has 1 aromatic carbocycles. The van der Waals surface area contributed by atoms with Crippen molar-refractivity contribution < 1.29 is 26.4 Å². The molecule has 1 saturated carbocycles. The third kappa shape index (κ3) is 6.18. The number of sulfonamides is 1. The lowest BCUT2D eigenvalue weighted by Crippen LogP contribution is -2.47. The van der Waals surface area contributed by atoms with Gasteiger partial charge in [-0.1, -0.05) is 38.8 Å². The number of hydrogen-bond acceptors (Lipinski definition) is 3. The molecule has 2 unspecified atom stereocenters. The summed E-state index contributed by atoms with van der Waals surface area (Å²) in [6.07, 6.45) is -2.31. The number of nitrogens with one attached hydrogen (secondary N) is 1. The van der Waals surface area contributed by atoms with Gasteiger partial charge in [-0.25, -0.2) is 8.42 Å². The van der Waals surface area contributed by atoms with E-state index in [9.17, 15) is 26.4 Å². The summed E-state index contributed by atoms with van der Waals surface area (Å²) < 4.78 is 65.7. The molecule has 0 spiro atoms. The summed E-state index contributed by atoms with van der Waals surface area (Å²) >= 11 is 0. The minimum absolute atomic E-state index is 0.0525.